The van der Waals surface area contributed by atoms with E-state index in [1.807, 2.05) is 19.1 Å². The van der Waals surface area contributed by atoms with Gasteiger partial charge in [0.25, 0.3) is 5.91 Å². The summed E-state index contributed by atoms with van der Waals surface area (Å²) in [6.07, 6.45) is 1.68. The number of carbonyl (C=O) groups excluding carboxylic acids is 1. The van der Waals surface area contributed by atoms with Gasteiger partial charge in [0.15, 0.2) is 11.6 Å². The fourth-order valence-corrected chi connectivity index (χ4v) is 3.12. The van der Waals surface area contributed by atoms with Gasteiger partial charge in [-0.25, -0.2) is 19.9 Å². The highest BCUT2D eigenvalue weighted by molar-refractivity contribution is 5.90. The van der Waals surface area contributed by atoms with Crippen LogP contribution in [0.25, 0.3) is 22.4 Å². The van der Waals surface area contributed by atoms with Crippen molar-refractivity contribution in [2.45, 2.75) is 18.9 Å². The van der Waals surface area contributed by atoms with Crippen molar-refractivity contribution in [2.75, 3.05) is 19.3 Å². The Kier molecular flexibility index (Phi) is 4.17. The van der Waals surface area contributed by atoms with Crippen LogP contribution in [-0.4, -0.2) is 55.0 Å². The number of amides is 1. The molecule has 1 aliphatic heterocycles. The monoisotopic (exact) mass is 374 g/mol. The molecular weight excluding hydrogens is 356 g/mol. The van der Waals surface area contributed by atoms with Gasteiger partial charge in [-0.1, -0.05) is 24.0 Å². The van der Waals surface area contributed by atoms with Gasteiger partial charge >= 0.3 is 0 Å². The summed E-state index contributed by atoms with van der Waals surface area (Å²) in [7, 11) is 1.65. The Labute approximate surface area is 161 Å². The molecule has 0 unspecified atom stereocenters. The topological polar surface area (TPSA) is 118 Å². The van der Waals surface area contributed by atoms with Crippen LogP contribution >= 0.6 is 0 Å². The summed E-state index contributed by atoms with van der Waals surface area (Å²) in [4.78, 5) is 30.7. The number of likely N-dealkylation sites (tertiary alicyclic amines) is 1. The van der Waals surface area contributed by atoms with Crippen LogP contribution in [0.2, 0.25) is 0 Å². The quantitative estimate of drug-likeness (QED) is 0.608. The molecule has 3 N–H and O–H groups in total. The van der Waals surface area contributed by atoms with Gasteiger partial charge in [0.05, 0.1) is 5.69 Å². The van der Waals surface area contributed by atoms with Crippen molar-refractivity contribution in [3.63, 3.8) is 0 Å². The van der Waals surface area contributed by atoms with Gasteiger partial charge in [-0.15, -0.1) is 0 Å². The summed E-state index contributed by atoms with van der Waals surface area (Å²) >= 11 is 0. The Morgan fingerprint density at radius 3 is 2.82 bits per heavy atom. The number of benzene rings is 1. The Morgan fingerprint density at radius 2 is 2.07 bits per heavy atom. The second-order valence-electron chi connectivity index (χ2n) is 6.76. The molecule has 140 valence electrons. The molecule has 1 saturated heterocycles. The minimum absolute atomic E-state index is 0.291. The number of nitrogens with zero attached hydrogens (tertiary/aromatic N) is 5. The number of aliphatic hydroxyl groups is 1. The van der Waals surface area contributed by atoms with E-state index in [0.29, 0.717) is 46.9 Å². The lowest BCUT2D eigenvalue weighted by Crippen LogP contribution is -2.37. The summed E-state index contributed by atoms with van der Waals surface area (Å²) in [5.41, 5.74) is 7.48. The van der Waals surface area contributed by atoms with Crippen LogP contribution in [-0.2, 0) is 4.79 Å². The molecule has 0 spiro atoms. The molecule has 0 aliphatic carbocycles. The van der Waals surface area contributed by atoms with Gasteiger partial charge in [0, 0.05) is 31.1 Å². The number of carbonyl (C=O) groups is 1. The number of likely N-dealkylation sites (N-methyl/N-ethyl adjacent to an activating group) is 1. The fourth-order valence-electron chi connectivity index (χ4n) is 3.12. The average Bonchev–Trinajstić information content (AvgIpc) is 2.95. The number of nitrogen functional groups attached to an aromatic ring is 1. The van der Waals surface area contributed by atoms with Crippen molar-refractivity contribution in [3.05, 3.63) is 41.9 Å². The number of aromatic nitrogens is 4. The lowest BCUT2D eigenvalue weighted by Gasteiger charge is -2.13. The average molecular weight is 374 g/mol. The zero-order chi connectivity index (χ0) is 19.9. The van der Waals surface area contributed by atoms with Crippen molar-refractivity contribution in [1.82, 2.24) is 24.8 Å². The van der Waals surface area contributed by atoms with Gasteiger partial charge in [-0.2, -0.15) is 0 Å². The first kappa shape index (κ1) is 17.8. The number of hydrogen-bond donors (Lipinski definition) is 2. The smallest absolute Gasteiger partial charge is 0.267 e. The SMILES string of the molecule is Cc1nc(-c2cccc(C#C[C@@]3(O)CCN(C)C3=O)c2)nc2c(N)ncnc12. The molecule has 1 amide bonds. The third-order valence-corrected chi connectivity index (χ3v) is 4.73. The first-order valence-corrected chi connectivity index (χ1v) is 8.74. The normalized spacial score (nSPS) is 19.0. The Bertz CT molecular complexity index is 1170. The molecule has 1 atom stereocenters. The molecule has 4 rings (SSSR count). The number of aryl methyl sites for hydroxylation is 1. The molecule has 0 saturated carbocycles. The van der Waals surface area contributed by atoms with E-state index in [1.54, 1.807) is 19.2 Å². The summed E-state index contributed by atoms with van der Waals surface area (Å²) in [5.74, 6) is 6.01. The molecule has 1 fully saturated rings. The van der Waals surface area contributed by atoms with Crippen molar-refractivity contribution in [2.24, 2.45) is 0 Å². The van der Waals surface area contributed by atoms with E-state index in [4.69, 9.17) is 5.73 Å². The van der Waals surface area contributed by atoms with E-state index in [2.05, 4.69) is 31.8 Å². The maximum absolute atomic E-state index is 12.1. The number of rotatable bonds is 1. The maximum atomic E-state index is 12.1. The van der Waals surface area contributed by atoms with Gasteiger partial charge < -0.3 is 15.7 Å². The third-order valence-electron chi connectivity index (χ3n) is 4.73. The van der Waals surface area contributed by atoms with Gasteiger partial charge in [0.1, 0.15) is 17.4 Å². The van der Waals surface area contributed by atoms with E-state index in [-0.39, 0.29) is 5.91 Å². The molecule has 3 aromatic rings. The first-order valence-electron chi connectivity index (χ1n) is 8.74. The van der Waals surface area contributed by atoms with Gasteiger partial charge in [0.2, 0.25) is 5.60 Å². The Hall–Kier alpha value is -3.57. The largest absolute Gasteiger partial charge is 0.382 e. The highest BCUT2D eigenvalue weighted by atomic mass is 16.3. The Balaban J connectivity index is 1.73. The standard InChI is InChI=1S/C20H18N6O2/c1-12-15-16(17(21)23-11-22-15)25-18(24-12)14-5-3-4-13(10-14)6-7-20(28)8-9-26(2)19(20)27/h3-5,10-11,28H,8-9H2,1-2H3,(H2,21,22,23)/t20-/m1/s1. The molecule has 0 radical (unpaired) electrons. The lowest BCUT2D eigenvalue weighted by molar-refractivity contribution is -0.137. The highest BCUT2D eigenvalue weighted by Gasteiger charge is 2.42. The van der Waals surface area contributed by atoms with Crippen LogP contribution in [0.1, 0.15) is 17.7 Å². The van der Waals surface area contributed by atoms with E-state index in [1.165, 1.54) is 11.2 Å². The van der Waals surface area contributed by atoms with Crippen molar-refractivity contribution < 1.29 is 9.90 Å². The predicted octanol–water partition coefficient (Wildman–Crippen LogP) is 0.922. The van der Waals surface area contributed by atoms with Crippen LogP contribution in [0.15, 0.2) is 30.6 Å². The summed E-state index contributed by atoms with van der Waals surface area (Å²) in [5, 5.41) is 10.4. The summed E-state index contributed by atoms with van der Waals surface area (Å²) < 4.78 is 0. The van der Waals surface area contributed by atoms with Crippen LogP contribution in [0.3, 0.4) is 0 Å². The molecule has 2 aromatic heterocycles. The summed E-state index contributed by atoms with van der Waals surface area (Å²) in [6, 6.07) is 7.28. The van der Waals surface area contributed by atoms with Crippen LogP contribution in [0, 0.1) is 18.8 Å². The minimum Gasteiger partial charge on any atom is -0.382 e. The lowest BCUT2D eigenvalue weighted by atomic mass is 10.0. The fraction of sp³-hybridized carbons (Fsp3) is 0.250. The molecule has 1 aliphatic rings. The molecule has 1 aromatic carbocycles. The molecular formula is C20H18N6O2. The first-order chi connectivity index (χ1) is 13.4. The molecule has 3 heterocycles. The van der Waals surface area contributed by atoms with Gasteiger partial charge in [-0.3, -0.25) is 4.79 Å². The second kappa shape index (κ2) is 6.55. The maximum Gasteiger partial charge on any atom is 0.267 e. The highest BCUT2D eigenvalue weighted by Crippen LogP contribution is 2.24. The zero-order valence-corrected chi connectivity index (χ0v) is 15.5. The molecule has 28 heavy (non-hydrogen) atoms. The second-order valence-corrected chi connectivity index (χ2v) is 6.76. The van der Waals surface area contributed by atoms with Crippen LogP contribution in [0.5, 0.6) is 0 Å². The van der Waals surface area contributed by atoms with Crippen molar-refractivity contribution in [1.29, 1.82) is 0 Å². The molecule has 8 heteroatoms. The van der Waals surface area contributed by atoms with E-state index in [9.17, 15) is 9.90 Å². The molecule has 0 bridgehead atoms. The van der Waals surface area contributed by atoms with Crippen LogP contribution < -0.4 is 5.73 Å². The number of fused-ring (bicyclic) bond motifs is 1. The molecule has 8 nitrogen and oxygen atoms in total. The van der Waals surface area contributed by atoms with Crippen molar-refractivity contribution in [3.8, 4) is 23.2 Å². The number of nitrogens with two attached hydrogens (primary N) is 1. The third kappa shape index (κ3) is 3.02. The van der Waals surface area contributed by atoms with E-state index >= 15 is 0 Å². The van der Waals surface area contributed by atoms with Crippen molar-refractivity contribution >= 4 is 22.8 Å². The van der Waals surface area contributed by atoms with Gasteiger partial charge in [-0.05, 0) is 19.1 Å². The minimum atomic E-state index is -1.63. The van der Waals surface area contributed by atoms with E-state index in [0.717, 1.165) is 5.56 Å². The zero-order valence-electron chi connectivity index (χ0n) is 15.5. The van der Waals surface area contributed by atoms with Crippen LogP contribution in [0.4, 0.5) is 5.82 Å². The number of anilines is 1. The summed E-state index contributed by atoms with van der Waals surface area (Å²) in [6.45, 7) is 2.32. The van der Waals surface area contributed by atoms with E-state index < -0.39 is 5.60 Å². The number of hydrogen-bond acceptors (Lipinski definition) is 7. The Morgan fingerprint density at radius 1 is 1.25 bits per heavy atom. The predicted molar refractivity (Wildman–Crippen MR) is 104 cm³/mol.